The highest BCUT2D eigenvalue weighted by Gasteiger charge is 2.30. The lowest BCUT2D eigenvalue weighted by molar-refractivity contribution is 0.258. The molecule has 0 saturated heterocycles. The van der Waals surface area contributed by atoms with Gasteiger partial charge in [-0.25, -0.2) is 0 Å². The summed E-state index contributed by atoms with van der Waals surface area (Å²) < 4.78 is 5.26. The lowest BCUT2D eigenvalue weighted by Gasteiger charge is -2.26. The minimum absolute atomic E-state index is 0.00165. The van der Waals surface area contributed by atoms with Crippen LogP contribution >= 0.6 is 0 Å². The summed E-state index contributed by atoms with van der Waals surface area (Å²) in [6.45, 7) is 6.63. The summed E-state index contributed by atoms with van der Waals surface area (Å²) in [5.41, 5.74) is 0.0269. The van der Waals surface area contributed by atoms with E-state index in [0.717, 1.165) is 18.6 Å². The van der Waals surface area contributed by atoms with Gasteiger partial charge in [0.25, 0.3) is 5.88 Å². The third-order valence-corrected chi connectivity index (χ3v) is 3.51. The molecule has 1 atom stereocenters. The van der Waals surface area contributed by atoms with Crippen LogP contribution in [0.25, 0.3) is 0 Å². The molecule has 3 nitrogen and oxygen atoms in total. The number of aromatic nitrogens is 1. The second-order valence-corrected chi connectivity index (χ2v) is 5.17. The lowest BCUT2D eigenvalue weighted by atomic mass is 9.78. The van der Waals surface area contributed by atoms with Crippen LogP contribution in [0.4, 0.5) is 0 Å². The first kappa shape index (κ1) is 14.1. The summed E-state index contributed by atoms with van der Waals surface area (Å²) in [6.07, 6.45) is 8.26. The predicted molar refractivity (Wildman–Crippen MR) is 69.2 cm³/mol. The van der Waals surface area contributed by atoms with Gasteiger partial charge >= 0.3 is 0 Å². The molecule has 0 fully saturated rings. The fraction of sp³-hybridized carbons (Fsp3) is 0.786. The molecule has 1 unspecified atom stereocenters. The molecule has 0 aliphatic heterocycles. The quantitative estimate of drug-likeness (QED) is 0.683. The van der Waals surface area contributed by atoms with Gasteiger partial charge in [0.05, 0.1) is 0 Å². The second kappa shape index (κ2) is 6.67. The van der Waals surface area contributed by atoms with E-state index in [-0.39, 0.29) is 11.3 Å². The Kier molecular flexibility index (Phi) is 5.52. The smallest absolute Gasteiger partial charge is 0.251 e. The average Bonchev–Trinajstić information content (AvgIpc) is 2.74. The predicted octanol–water partition coefficient (Wildman–Crippen LogP) is 4.41. The van der Waals surface area contributed by atoms with Crippen molar-refractivity contribution in [1.29, 1.82) is 0 Å². The maximum atomic E-state index is 9.31. The normalized spacial score (nSPS) is 14.8. The molecule has 0 bridgehead atoms. The Morgan fingerprint density at radius 1 is 1.18 bits per heavy atom. The molecule has 1 heterocycles. The molecule has 1 aromatic heterocycles. The van der Waals surface area contributed by atoms with E-state index in [1.807, 2.05) is 0 Å². The fourth-order valence-electron chi connectivity index (χ4n) is 2.25. The number of rotatable bonds is 8. The van der Waals surface area contributed by atoms with Gasteiger partial charge in [-0.1, -0.05) is 52.9 Å². The Morgan fingerprint density at radius 3 is 2.35 bits per heavy atom. The Hall–Kier alpha value is -0.990. The Balaban J connectivity index is 2.70. The number of hydrogen-bond acceptors (Lipinski definition) is 3. The molecule has 0 aliphatic rings. The number of nitrogens with zero attached hydrogens (tertiary/aromatic N) is 1. The van der Waals surface area contributed by atoms with E-state index in [1.54, 1.807) is 6.07 Å². The molecule has 3 heteroatoms. The van der Waals surface area contributed by atoms with Gasteiger partial charge in [-0.05, 0) is 18.0 Å². The number of aromatic hydroxyl groups is 1. The van der Waals surface area contributed by atoms with Crippen LogP contribution in [-0.4, -0.2) is 10.3 Å². The highest BCUT2D eigenvalue weighted by atomic mass is 16.5. The molecule has 0 amide bonds. The van der Waals surface area contributed by atoms with Crippen molar-refractivity contribution in [3.63, 3.8) is 0 Å². The first-order valence-electron chi connectivity index (χ1n) is 6.78. The number of unbranched alkanes of at least 4 members (excludes halogenated alkanes) is 3. The summed E-state index contributed by atoms with van der Waals surface area (Å²) in [5, 5.41) is 12.9. The molecule has 0 aromatic carbocycles. The van der Waals surface area contributed by atoms with E-state index in [1.165, 1.54) is 32.1 Å². The van der Waals surface area contributed by atoms with Gasteiger partial charge in [0.2, 0.25) is 0 Å². The van der Waals surface area contributed by atoms with Crippen molar-refractivity contribution in [1.82, 2.24) is 5.16 Å². The molecule has 17 heavy (non-hydrogen) atoms. The maximum Gasteiger partial charge on any atom is 0.251 e. The maximum absolute atomic E-state index is 9.31. The first-order chi connectivity index (χ1) is 8.12. The topological polar surface area (TPSA) is 46.3 Å². The summed E-state index contributed by atoms with van der Waals surface area (Å²) in [5.74, 6) is 0.831. The Labute approximate surface area is 104 Å². The van der Waals surface area contributed by atoms with E-state index >= 15 is 0 Å². The van der Waals surface area contributed by atoms with Crippen LogP contribution in [0.2, 0.25) is 0 Å². The largest absolute Gasteiger partial charge is 0.491 e. The third-order valence-electron chi connectivity index (χ3n) is 3.51. The van der Waals surface area contributed by atoms with Gasteiger partial charge in [0.15, 0.2) is 0 Å². The minimum Gasteiger partial charge on any atom is -0.491 e. The van der Waals surface area contributed by atoms with Crippen molar-refractivity contribution < 1.29 is 9.63 Å². The van der Waals surface area contributed by atoms with Crippen molar-refractivity contribution in [3.05, 3.63) is 11.8 Å². The SMILES string of the molecule is CCCCCC(C)(CCCC)c1cc(O)no1. The van der Waals surface area contributed by atoms with Crippen molar-refractivity contribution >= 4 is 0 Å². The van der Waals surface area contributed by atoms with Crippen LogP contribution in [-0.2, 0) is 5.41 Å². The van der Waals surface area contributed by atoms with Gasteiger partial charge in [0.1, 0.15) is 5.76 Å². The molecular weight excluding hydrogens is 214 g/mol. The lowest BCUT2D eigenvalue weighted by Crippen LogP contribution is -2.21. The van der Waals surface area contributed by atoms with Crippen molar-refractivity contribution in [2.45, 2.75) is 71.1 Å². The molecule has 0 saturated carbocycles. The van der Waals surface area contributed by atoms with E-state index < -0.39 is 0 Å². The van der Waals surface area contributed by atoms with Gasteiger partial charge in [-0.3, -0.25) is 0 Å². The average molecular weight is 239 g/mol. The zero-order valence-corrected chi connectivity index (χ0v) is 11.3. The monoisotopic (exact) mass is 239 g/mol. The van der Waals surface area contributed by atoms with Crippen LogP contribution in [0, 0.1) is 0 Å². The second-order valence-electron chi connectivity index (χ2n) is 5.17. The molecule has 1 N–H and O–H groups in total. The van der Waals surface area contributed by atoms with Gasteiger partial charge in [-0.15, -0.1) is 0 Å². The van der Waals surface area contributed by atoms with Gasteiger partial charge < -0.3 is 9.63 Å². The van der Waals surface area contributed by atoms with Crippen LogP contribution in [0.5, 0.6) is 5.88 Å². The van der Waals surface area contributed by atoms with Gasteiger partial charge in [0, 0.05) is 11.5 Å². The molecule has 0 radical (unpaired) electrons. The molecule has 98 valence electrons. The molecule has 1 aromatic rings. The van der Waals surface area contributed by atoms with E-state index in [9.17, 15) is 5.11 Å². The Morgan fingerprint density at radius 2 is 1.82 bits per heavy atom. The van der Waals surface area contributed by atoms with Crippen LogP contribution in [0.1, 0.15) is 71.5 Å². The number of hydrogen-bond donors (Lipinski definition) is 1. The van der Waals surface area contributed by atoms with Crippen molar-refractivity contribution in [2.24, 2.45) is 0 Å². The van der Waals surface area contributed by atoms with Gasteiger partial charge in [-0.2, -0.15) is 0 Å². The highest BCUT2D eigenvalue weighted by Crippen LogP contribution is 2.36. The van der Waals surface area contributed by atoms with E-state index in [4.69, 9.17) is 4.52 Å². The summed E-state index contributed by atoms with van der Waals surface area (Å²) in [7, 11) is 0. The van der Waals surface area contributed by atoms with Crippen molar-refractivity contribution in [3.8, 4) is 5.88 Å². The van der Waals surface area contributed by atoms with Crippen LogP contribution in [0.3, 0.4) is 0 Å². The molecular formula is C14H25NO2. The van der Waals surface area contributed by atoms with Crippen molar-refractivity contribution in [2.75, 3.05) is 0 Å². The molecule has 1 rings (SSSR count). The molecule has 0 spiro atoms. The highest BCUT2D eigenvalue weighted by molar-refractivity contribution is 5.17. The first-order valence-corrected chi connectivity index (χ1v) is 6.78. The Bertz CT molecular complexity index is 322. The molecule has 0 aliphatic carbocycles. The van der Waals surface area contributed by atoms with Crippen LogP contribution in [0.15, 0.2) is 10.6 Å². The zero-order chi connectivity index (χ0) is 12.7. The fourth-order valence-corrected chi connectivity index (χ4v) is 2.25. The standard InChI is InChI=1S/C14H25NO2/c1-4-6-8-10-14(3,9-7-5-2)12-11-13(16)15-17-12/h11H,4-10H2,1-3H3,(H,15,16). The summed E-state index contributed by atoms with van der Waals surface area (Å²) in [4.78, 5) is 0. The zero-order valence-electron chi connectivity index (χ0n) is 11.3. The summed E-state index contributed by atoms with van der Waals surface area (Å²) >= 11 is 0. The van der Waals surface area contributed by atoms with E-state index in [2.05, 4.69) is 25.9 Å². The van der Waals surface area contributed by atoms with E-state index in [0.29, 0.717) is 0 Å². The summed E-state index contributed by atoms with van der Waals surface area (Å²) in [6, 6.07) is 1.67. The third kappa shape index (κ3) is 4.06. The minimum atomic E-state index is -0.00165. The van der Waals surface area contributed by atoms with Crippen LogP contribution < -0.4 is 0 Å².